The Balaban J connectivity index is 1.62. The molecule has 9 heteroatoms. The molecule has 0 unspecified atom stereocenters. The van der Waals surface area contributed by atoms with Crippen LogP contribution in [-0.4, -0.2) is 49.7 Å². The molecule has 0 spiro atoms. The summed E-state index contributed by atoms with van der Waals surface area (Å²) < 4.78 is 38.7. The SMILES string of the molecule is Cn1c(=O)n2c3c4c(c(-c5ccc(F)nc5)c(F)cc4ncc31)O[C@@H](CN1CCCCC1)C2. The number of likely N-dealkylation sites (tertiary alicyclic amines) is 1. The van der Waals surface area contributed by atoms with Crippen molar-refractivity contribution < 1.29 is 13.5 Å². The second-order valence-corrected chi connectivity index (χ2v) is 8.87. The largest absolute Gasteiger partial charge is 0.486 e. The van der Waals surface area contributed by atoms with Crippen molar-refractivity contribution >= 4 is 21.9 Å². The van der Waals surface area contributed by atoms with E-state index < -0.39 is 11.8 Å². The molecule has 1 atom stereocenters. The molecule has 3 aromatic heterocycles. The lowest BCUT2D eigenvalue weighted by atomic mass is 10.0. The lowest BCUT2D eigenvalue weighted by Gasteiger charge is -2.30. The minimum Gasteiger partial charge on any atom is -0.486 e. The van der Waals surface area contributed by atoms with Crippen LogP contribution in [-0.2, 0) is 13.6 Å². The van der Waals surface area contributed by atoms with Crippen LogP contribution in [0.25, 0.3) is 33.1 Å². The first-order chi connectivity index (χ1) is 16.0. The number of ether oxygens (including phenoxy) is 1. The van der Waals surface area contributed by atoms with Crippen LogP contribution in [0.2, 0.25) is 0 Å². The van der Waals surface area contributed by atoms with Gasteiger partial charge in [-0.2, -0.15) is 4.39 Å². The van der Waals surface area contributed by atoms with Crippen molar-refractivity contribution in [1.29, 1.82) is 0 Å². The van der Waals surface area contributed by atoms with E-state index in [2.05, 4.69) is 14.9 Å². The van der Waals surface area contributed by atoms with Crippen molar-refractivity contribution in [2.24, 2.45) is 7.05 Å². The molecule has 5 heterocycles. The van der Waals surface area contributed by atoms with Crippen molar-refractivity contribution in [3.05, 3.63) is 52.8 Å². The van der Waals surface area contributed by atoms with Gasteiger partial charge in [0.2, 0.25) is 5.95 Å². The van der Waals surface area contributed by atoms with Gasteiger partial charge in [0.1, 0.15) is 17.7 Å². The molecule has 0 bridgehead atoms. The fourth-order valence-electron chi connectivity index (χ4n) is 5.18. The standard InChI is InChI=1S/C24H23F2N5O2/c1-29-18-11-27-17-9-16(25)20(14-5-6-19(26)28-10-14)23-21(17)22(18)31(24(29)32)13-15(33-23)12-30-7-3-2-4-8-30/h5-6,9-11,15H,2-4,7-8,12-13H2,1H3/t15-/m0/s1. The van der Waals surface area contributed by atoms with Crippen molar-refractivity contribution in [1.82, 2.24) is 24.0 Å². The molecule has 2 aliphatic rings. The second-order valence-electron chi connectivity index (χ2n) is 8.87. The zero-order valence-electron chi connectivity index (χ0n) is 18.2. The number of hydrogen-bond acceptors (Lipinski definition) is 5. The van der Waals surface area contributed by atoms with Crippen molar-refractivity contribution in [3.8, 4) is 16.9 Å². The smallest absolute Gasteiger partial charge is 0.329 e. The lowest BCUT2D eigenvalue weighted by molar-refractivity contribution is 0.109. The highest BCUT2D eigenvalue weighted by atomic mass is 19.1. The number of rotatable bonds is 3. The maximum atomic E-state index is 15.5. The Morgan fingerprint density at radius 2 is 1.94 bits per heavy atom. The summed E-state index contributed by atoms with van der Waals surface area (Å²) in [6.45, 7) is 2.92. The van der Waals surface area contributed by atoms with Gasteiger partial charge in [-0.3, -0.25) is 19.0 Å². The van der Waals surface area contributed by atoms with Gasteiger partial charge in [0.25, 0.3) is 0 Å². The summed E-state index contributed by atoms with van der Waals surface area (Å²) in [7, 11) is 1.71. The molecule has 0 amide bonds. The van der Waals surface area contributed by atoms with Gasteiger partial charge < -0.3 is 4.74 Å². The van der Waals surface area contributed by atoms with Crippen LogP contribution < -0.4 is 10.4 Å². The number of pyridine rings is 2. The van der Waals surface area contributed by atoms with Gasteiger partial charge in [-0.05, 0) is 38.1 Å². The van der Waals surface area contributed by atoms with Crippen LogP contribution in [0, 0.1) is 11.8 Å². The van der Waals surface area contributed by atoms with Gasteiger partial charge in [-0.1, -0.05) is 6.42 Å². The van der Waals surface area contributed by atoms with E-state index in [0.29, 0.717) is 46.3 Å². The lowest BCUT2D eigenvalue weighted by Crippen LogP contribution is -2.41. The third-order valence-corrected chi connectivity index (χ3v) is 6.76. The topological polar surface area (TPSA) is 65.2 Å². The van der Waals surface area contributed by atoms with Gasteiger partial charge in [0.15, 0.2) is 0 Å². The van der Waals surface area contributed by atoms with Gasteiger partial charge in [0, 0.05) is 31.4 Å². The minimum absolute atomic E-state index is 0.159. The molecule has 0 N–H and O–H groups in total. The molecular formula is C24H23F2N5O2. The first kappa shape index (κ1) is 20.3. The molecule has 170 valence electrons. The summed E-state index contributed by atoms with van der Waals surface area (Å²) in [5, 5.41) is 0.590. The number of aryl methyl sites for hydroxylation is 1. The minimum atomic E-state index is -0.643. The zero-order valence-corrected chi connectivity index (χ0v) is 18.2. The Morgan fingerprint density at radius 3 is 2.70 bits per heavy atom. The number of halogens is 2. The molecule has 0 saturated carbocycles. The Labute approximate surface area is 188 Å². The molecule has 33 heavy (non-hydrogen) atoms. The molecule has 6 rings (SSSR count). The average molecular weight is 451 g/mol. The van der Waals surface area contributed by atoms with Gasteiger partial charge >= 0.3 is 5.69 Å². The van der Waals surface area contributed by atoms with Gasteiger partial charge in [0.05, 0.1) is 40.2 Å². The Hall–Kier alpha value is -3.33. The van der Waals surface area contributed by atoms with Crippen LogP contribution in [0.1, 0.15) is 19.3 Å². The molecule has 2 aliphatic heterocycles. The van der Waals surface area contributed by atoms with Crippen molar-refractivity contribution in [2.75, 3.05) is 19.6 Å². The highest BCUT2D eigenvalue weighted by Crippen LogP contribution is 2.43. The third kappa shape index (κ3) is 3.21. The summed E-state index contributed by atoms with van der Waals surface area (Å²) in [6, 6.07) is 4.03. The summed E-state index contributed by atoms with van der Waals surface area (Å²) in [5.41, 5.74) is 2.20. The van der Waals surface area contributed by atoms with Crippen LogP contribution in [0.3, 0.4) is 0 Å². The van der Waals surface area contributed by atoms with Crippen molar-refractivity contribution in [3.63, 3.8) is 0 Å². The third-order valence-electron chi connectivity index (χ3n) is 6.76. The summed E-state index contributed by atoms with van der Waals surface area (Å²) in [6.07, 6.45) is 6.01. The average Bonchev–Trinajstić information content (AvgIpc) is 2.94. The van der Waals surface area contributed by atoms with E-state index in [9.17, 15) is 9.18 Å². The second kappa shape index (κ2) is 7.62. The molecule has 1 fully saturated rings. The van der Waals surface area contributed by atoms with Crippen LogP contribution in [0.15, 0.2) is 35.4 Å². The van der Waals surface area contributed by atoms with E-state index in [1.165, 1.54) is 30.8 Å². The quantitative estimate of drug-likeness (QED) is 0.447. The fraction of sp³-hybridized carbons (Fsp3) is 0.375. The maximum absolute atomic E-state index is 15.5. The molecule has 1 saturated heterocycles. The number of aromatic nitrogens is 4. The molecular weight excluding hydrogens is 428 g/mol. The summed E-state index contributed by atoms with van der Waals surface area (Å²) >= 11 is 0. The molecule has 0 radical (unpaired) electrons. The molecule has 7 nitrogen and oxygen atoms in total. The fourth-order valence-corrected chi connectivity index (χ4v) is 5.18. The Bertz CT molecular complexity index is 1440. The number of piperidine rings is 1. The van der Waals surface area contributed by atoms with E-state index in [4.69, 9.17) is 4.74 Å². The van der Waals surface area contributed by atoms with Crippen LogP contribution in [0.4, 0.5) is 8.78 Å². The Kier molecular flexibility index (Phi) is 4.69. The zero-order chi connectivity index (χ0) is 22.7. The number of imidazole rings is 1. The number of benzene rings is 1. The first-order valence-electron chi connectivity index (χ1n) is 11.2. The van der Waals surface area contributed by atoms with E-state index in [-0.39, 0.29) is 17.4 Å². The molecule has 4 aromatic rings. The number of hydrogen-bond donors (Lipinski definition) is 0. The normalized spacial score (nSPS) is 18.7. The van der Waals surface area contributed by atoms with Gasteiger partial charge in [-0.15, -0.1) is 0 Å². The highest BCUT2D eigenvalue weighted by molar-refractivity contribution is 6.09. The predicted octanol–water partition coefficient (Wildman–Crippen LogP) is 3.48. The first-order valence-corrected chi connectivity index (χ1v) is 11.2. The van der Waals surface area contributed by atoms with Crippen molar-refractivity contribution in [2.45, 2.75) is 31.9 Å². The molecule has 1 aromatic carbocycles. The van der Waals surface area contributed by atoms with Crippen LogP contribution >= 0.6 is 0 Å². The van der Waals surface area contributed by atoms with E-state index in [0.717, 1.165) is 25.9 Å². The van der Waals surface area contributed by atoms with Gasteiger partial charge in [-0.25, -0.2) is 14.2 Å². The maximum Gasteiger partial charge on any atom is 0.329 e. The molecule has 0 aliphatic carbocycles. The summed E-state index contributed by atoms with van der Waals surface area (Å²) in [4.78, 5) is 23.6. The monoisotopic (exact) mass is 451 g/mol. The number of nitrogens with zero attached hydrogens (tertiary/aromatic N) is 5. The Morgan fingerprint density at radius 1 is 1.12 bits per heavy atom. The van der Waals surface area contributed by atoms with E-state index in [1.54, 1.807) is 22.4 Å². The predicted molar refractivity (Wildman–Crippen MR) is 120 cm³/mol. The van der Waals surface area contributed by atoms with E-state index in [1.807, 2.05) is 0 Å². The van der Waals surface area contributed by atoms with Crippen LogP contribution in [0.5, 0.6) is 5.75 Å². The highest BCUT2D eigenvalue weighted by Gasteiger charge is 2.30. The summed E-state index contributed by atoms with van der Waals surface area (Å²) in [5.74, 6) is -0.841. The van der Waals surface area contributed by atoms with E-state index >= 15 is 4.39 Å².